The Morgan fingerprint density at radius 1 is 1.03 bits per heavy atom. The summed E-state index contributed by atoms with van der Waals surface area (Å²) in [7, 11) is 0. The van der Waals surface area contributed by atoms with E-state index in [1.54, 1.807) is 53.4 Å². The van der Waals surface area contributed by atoms with Crippen molar-refractivity contribution in [3.63, 3.8) is 0 Å². The van der Waals surface area contributed by atoms with Gasteiger partial charge < -0.3 is 4.98 Å². The number of fused-ring (bicyclic) bond motifs is 1. The van der Waals surface area contributed by atoms with Crippen molar-refractivity contribution in [2.45, 2.75) is 0 Å². The molecular weight excluding hydrogens is 444 g/mol. The standard InChI is InChI=1S/C26H16N6O3/c27-15-18(25-28-23-9-5-4-8-22(23)26(33)29-25)14-19-16-31(20-6-2-1-3-7-20)30-24(19)17-10-12-21(13-11-17)32(34)35/h1-14,16H,(H,28,29,33)/b18-14-. The number of hydrogen-bond donors (Lipinski definition) is 1. The van der Waals surface area contributed by atoms with E-state index in [2.05, 4.69) is 21.1 Å². The second-order valence-electron chi connectivity index (χ2n) is 7.62. The van der Waals surface area contributed by atoms with Gasteiger partial charge in [-0.15, -0.1) is 0 Å². The molecule has 5 aromatic rings. The number of hydrogen-bond acceptors (Lipinski definition) is 6. The number of benzene rings is 3. The van der Waals surface area contributed by atoms with Crippen molar-refractivity contribution in [2.75, 3.05) is 0 Å². The average Bonchev–Trinajstić information content (AvgIpc) is 3.31. The summed E-state index contributed by atoms with van der Waals surface area (Å²) in [6, 6.07) is 24.4. The number of aromatic nitrogens is 4. The van der Waals surface area contributed by atoms with Crippen LogP contribution < -0.4 is 5.56 Å². The first-order valence-electron chi connectivity index (χ1n) is 10.5. The zero-order valence-corrected chi connectivity index (χ0v) is 18.1. The molecule has 0 saturated carbocycles. The Kier molecular flexibility index (Phi) is 5.45. The molecule has 0 bridgehead atoms. The van der Waals surface area contributed by atoms with Crippen molar-refractivity contribution in [1.82, 2.24) is 19.7 Å². The van der Waals surface area contributed by atoms with Crippen molar-refractivity contribution in [2.24, 2.45) is 0 Å². The first-order valence-corrected chi connectivity index (χ1v) is 10.5. The molecule has 1 N–H and O–H groups in total. The molecule has 9 heteroatoms. The number of rotatable bonds is 5. The van der Waals surface area contributed by atoms with Gasteiger partial charge >= 0.3 is 0 Å². The molecule has 0 unspecified atom stereocenters. The average molecular weight is 460 g/mol. The van der Waals surface area contributed by atoms with Crippen LogP contribution in [0.15, 0.2) is 89.9 Å². The minimum Gasteiger partial charge on any atom is -0.305 e. The maximum atomic E-state index is 12.5. The molecule has 3 aromatic carbocycles. The molecule has 0 aliphatic heterocycles. The minimum atomic E-state index is -0.470. The molecule has 0 fully saturated rings. The van der Waals surface area contributed by atoms with Crippen molar-refractivity contribution in [3.8, 4) is 23.0 Å². The Morgan fingerprint density at radius 2 is 1.74 bits per heavy atom. The van der Waals surface area contributed by atoms with Crippen molar-refractivity contribution >= 4 is 28.2 Å². The summed E-state index contributed by atoms with van der Waals surface area (Å²) in [5.74, 6) is 0.137. The van der Waals surface area contributed by atoms with E-state index < -0.39 is 4.92 Å². The fourth-order valence-corrected chi connectivity index (χ4v) is 3.69. The first kappa shape index (κ1) is 21.5. The molecule has 35 heavy (non-hydrogen) atoms. The van der Waals surface area contributed by atoms with Crippen LogP contribution in [0.2, 0.25) is 0 Å². The largest absolute Gasteiger partial charge is 0.305 e. The maximum absolute atomic E-state index is 12.5. The Balaban J connectivity index is 1.67. The summed E-state index contributed by atoms with van der Waals surface area (Å²) >= 11 is 0. The van der Waals surface area contributed by atoms with E-state index in [0.29, 0.717) is 27.7 Å². The van der Waals surface area contributed by atoms with Crippen LogP contribution in [-0.4, -0.2) is 24.7 Å². The van der Waals surface area contributed by atoms with Crippen LogP contribution in [-0.2, 0) is 0 Å². The molecule has 2 aromatic heterocycles. The predicted octanol–water partition coefficient (Wildman–Crippen LogP) is 4.75. The van der Waals surface area contributed by atoms with Gasteiger partial charge in [0.05, 0.1) is 27.1 Å². The van der Waals surface area contributed by atoms with E-state index in [1.165, 1.54) is 12.1 Å². The minimum absolute atomic E-state index is 0.0380. The predicted molar refractivity (Wildman–Crippen MR) is 132 cm³/mol. The lowest BCUT2D eigenvalue weighted by atomic mass is 10.1. The molecule has 5 rings (SSSR count). The number of aromatic amines is 1. The zero-order valence-electron chi connectivity index (χ0n) is 18.1. The van der Waals surface area contributed by atoms with Gasteiger partial charge in [0.1, 0.15) is 11.8 Å². The SMILES string of the molecule is N#C/C(=C/c1cn(-c2ccccc2)nc1-c1ccc([N+](=O)[O-])cc1)c1nc2ccccc2c(=O)[nH]1. The summed E-state index contributed by atoms with van der Waals surface area (Å²) in [5.41, 5.74) is 2.76. The van der Waals surface area contributed by atoms with Gasteiger partial charge in [-0.25, -0.2) is 9.67 Å². The summed E-state index contributed by atoms with van der Waals surface area (Å²) in [6.45, 7) is 0. The second kappa shape index (κ2) is 8.88. The molecule has 0 aliphatic carbocycles. The molecule has 0 aliphatic rings. The normalized spacial score (nSPS) is 11.3. The van der Waals surface area contributed by atoms with E-state index in [1.807, 2.05) is 30.3 Å². The van der Waals surface area contributed by atoms with Gasteiger partial charge in [0, 0.05) is 29.5 Å². The number of nitrogens with one attached hydrogen (secondary N) is 1. The summed E-state index contributed by atoms with van der Waals surface area (Å²) in [6.07, 6.45) is 3.35. The van der Waals surface area contributed by atoms with Crippen molar-refractivity contribution < 1.29 is 4.92 Å². The Bertz CT molecular complexity index is 1690. The van der Waals surface area contributed by atoms with E-state index >= 15 is 0 Å². The van der Waals surface area contributed by atoms with Crippen LogP contribution in [0.1, 0.15) is 11.4 Å². The van der Waals surface area contributed by atoms with Crippen LogP contribution in [0.3, 0.4) is 0 Å². The third-order valence-electron chi connectivity index (χ3n) is 5.40. The van der Waals surface area contributed by atoms with Gasteiger partial charge in [-0.2, -0.15) is 10.4 Å². The molecular formula is C26H16N6O3. The van der Waals surface area contributed by atoms with E-state index in [0.717, 1.165) is 5.69 Å². The van der Waals surface area contributed by atoms with Crippen molar-refractivity contribution in [1.29, 1.82) is 5.26 Å². The van der Waals surface area contributed by atoms with Gasteiger partial charge in [-0.3, -0.25) is 14.9 Å². The molecule has 0 atom stereocenters. The van der Waals surface area contributed by atoms with Gasteiger partial charge in [-0.1, -0.05) is 30.3 Å². The van der Waals surface area contributed by atoms with Crippen LogP contribution in [0.25, 0.3) is 39.5 Å². The summed E-state index contributed by atoms with van der Waals surface area (Å²) < 4.78 is 1.66. The number of H-pyrrole nitrogens is 1. The maximum Gasteiger partial charge on any atom is 0.269 e. The Labute approximate surface area is 198 Å². The highest BCUT2D eigenvalue weighted by atomic mass is 16.6. The Hall–Kier alpha value is -5.36. The molecule has 0 radical (unpaired) electrons. The van der Waals surface area contributed by atoms with Gasteiger partial charge in [0.2, 0.25) is 0 Å². The number of nitriles is 1. The van der Waals surface area contributed by atoms with Gasteiger partial charge in [0.15, 0.2) is 5.82 Å². The van der Waals surface area contributed by atoms with E-state index in [9.17, 15) is 20.2 Å². The quantitative estimate of drug-likeness (QED) is 0.229. The van der Waals surface area contributed by atoms with Crippen LogP contribution in [0.4, 0.5) is 5.69 Å². The highest BCUT2D eigenvalue weighted by molar-refractivity contribution is 5.91. The zero-order chi connectivity index (χ0) is 24.4. The summed E-state index contributed by atoms with van der Waals surface area (Å²) in [4.78, 5) is 30.3. The van der Waals surface area contributed by atoms with Gasteiger partial charge in [-0.05, 0) is 42.5 Å². The van der Waals surface area contributed by atoms with E-state index in [4.69, 9.17) is 0 Å². The molecule has 0 saturated heterocycles. The second-order valence-corrected chi connectivity index (χ2v) is 7.62. The molecule has 0 spiro atoms. The van der Waals surface area contributed by atoms with Crippen molar-refractivity contribution in [3.05, 3.63) is 117 Å². The Morgan fingerprint density at radius 3 is 2.46 bits per heavy atom. The first-order chi connectivity index (χ1) is 17.0. The number of nitro groups is 1. The monoisotopic (exact) mass is 460 g/mol. The lowest BCUT2D eigenvalue weighted by Crippen LogP contribution is -2.11. The lowest BCUT2D eigenvalue weighted by molar-refractivity contribution is -0.384. The number of nitrogens with zero attached hydrogens (tertiary/aromatic N) is 5. The third-order valence-corrected chi connectivity index (χ3v) is 5.40. The fourth-order valence-electron chi connectivity index (χ4n) is 3.69. The highest BCUT2D eigenvalue weighted by Crippen LogP contribution is 2.28. The highest BCUT2D eigenvalue weighted by Gasteiger charge is 2.15. The number of allylic oxidation sites excluding steroid dienone is 1. The number of non-ortho nitro benzene ring substituents is 1. The molecule has 0 amide bonds. The third kappa shape index (κ3) is 4.19. The lowest BCUT2D eigenvalue weighted by Gasteiger charge is -2.03. The molecule has 168 valence electrons. The van der Waals surface area contributed by atoms with E-state index in [-0.39, 0.29) is 22.6 Å². The molecule has 9 nitrogen and oxygen atoms in total. The van der Waals surface area contributed by atoms with Crippen LogP contribution >= 0.6 is 0 Å². The topological polar surface area (TPSA) is 130 Å². The van der Waals surface area contributed by atoms with Gasteiger partial charge in [0.25, 0.3) is 11.2 Å². The fraction of sp³-hybridized carbons (Fsp3) is 0. The molecule has 2 heterocycles. The van der Waals surface area contributed by atoms with Crippen LogP contribution in [0.5, 0.6) is 0 Å². The number of nitro benzene ring substituents is 1. The number of para-hydroxylation sites is 2. The summed E-state index contributed by atoms with van der Waals surface area (Å²) in [5, 5.41) is 26.1. The smallest absolute Gasteiger partial charge is 0.269 e. The van der Waals surface area contributed by atoms with Crippen LogP contribution in [0, 0.1) is 21.4 Å².